The van der Waals surface area contributed by atoms with Crippen LogP contribution in [0, 0.1) is 0 Å². The Morgan fingerprint density at radius 1 is 0.261 bits per heavy atom. The summed E-state index contributed by atoms with van der Waals surface area (Å²) in [4.78, 5) is 18.7. The monoisotopic (exact) mass is 588 g/mol. The zero-order valence-corrected chi connectivity index (χ0v) is 25.0. The largest absolute Gasteiger partial charge is 0.265 e. The third-order valence-corrected chi connectivity index (χ3v) is 8.25. The van der Waals surface area contributed by atoms with Gasteiger partial charge in [0.15, 0.2) is 17.5 Å². The molecule has 0 fully saturated rings. The van der Waals surface area contributed by atoms with Crippen LogP contribution in [0.1, 0.15) is 0 Å². The summed E-state index contributed by atoms with van der Waals surface area (Å²) in [5.74, 6) is 1.97. The number of hydrogen-bond donors (Lipinski definition) is 0. The maximum absolute atomic E-state index is 4.88. The molecule has 4 nitrogen and oxygen atoms in total. The Bertz CT molecular complexity index is 2210. The fourth-order valence-corrected chi connectivity index (χ4v) is 5.75. The van der Waals surface area contributed by atoms with E-state index in [1.54, 1.807) is 0 Å². The molecule has 2 aromatic heterocycles. The van der Waals surface area contributed by atoms with Crippen LogP contribution in [-0.4, -0.2) is 19.9 Å². The molecule has 0 bridgehead atoms. The second kappa shape index (κ2) is 12.0. The Hall–Kier alpha value is -6.26. The molecule has 8 rings (SSSR count). The highest BCUT2D eigenvalue weighted by molar-refractivity contribution is 5.91. The van der Waals surface area contributed by atoms with E-state index in [-0.39, 0.29) is 0 Å². The maximum atomic E-state index is 4.88. The van der Waals surface area contributed by atoms with Crippen LogP contribution in [0.4, 0.5) is 0 Å². The van der Waals surface area contributed by atoms with Gasteiger partial charge in [0.2, 0.25) is 0 Å². The fraction of sp³-hybridized carbons (Fsp3) is 0. The lowest BCUT2D eigenvalue weighted by atomic mass is 9.96. The smallest absolute Gasteiger partial charge is 0.164 e. The molecule has 0 amide bonds. The van der Waals surface area contributed by atoms with Crippen LogP contribution in [0.25, 0.3) is 78.3 Å². The third kappa shape index (κ3) is 5.56. The molecule has 6 aromatic carbocycles. The van der Waals surface area contributed by atoms with Crippen LogP contribution < -0.4 is 0 Å². The van der Waals surface area contributed by atoms with Crippen LogP contribution >= 0.6 is 0 Å². The highest BCUT2D eigenvalue weighted by atomic mass is 15.0. The fourth-order valence-electron chi connectivity index (χ4n) is 5.75. The summed E-state index contributed by atoms with van der Waals surface area (Å²) in [6.45, 7) is 0. The molecule has 0 radical (unpaired) electrons. The summed E-state index contributed by atoms with van der Waals surface area (Å²) in [6.07, 6.45) is 3.66. The lowest BCUT2D eigenvalue weighted by Crippen LogP contribution is -2.00. The first-order valence-corrected chi connectivity index (χ1v) is 15.3. The zero-order valence-electron chi connectivity index (χ0n) is 25.0. The van der Waals surface area contributed by atoms with Gasteiger partial charge in [0.1, 0.15) is 0 Å². The van der Waals surface area contributed by atoms with Crippen molar-refractivity contribution in [2.75, 3.05) is 0 Å². The Balaban J connectivity index is 1.11. The maximum Gasteiger partial charge on any atom is 0.164 e. The van der Waals surface area contributed by atoms with Crippen molar-refractivity contribution >= 4 is 10.8 Å². The number of fused-ring (bicyclic) bond motifs is 1. The number of aromatic nitrogens is 4. The minimum atomic E-state index is 0.650. The lowest BCUT2D eigenvalue weighted by molar-refractivity contribution is 1.07. The summed E-state index contributed by atoms with van der Waals surface area (Å²) in [7, 11) is 0. The van der Waals surface area contributed by atoms with Crippen molar-refractivity contribution in [3.63, 3.8) is 0 Å². The lowest BCUT2D eigenvalue weighted by Gasteiger charge is -2.10. The molecule has 4 heteroatoms. The van der Waals surface area contributed by atoms with E-state index in [2.05, 4.69) is 89.9 Å². The second-order valence-electron chi connectivity index (χ2n) is 11.2. The average molecular weight is 589 g/mol. The molecule has 0 aliphatic heterocycles. The Kier molecular flexibility index (Phi) is 7.14. The van der Waals surface area contributed by atoms with Crippen molar-refractivity contribution in [2.24, 2.45) is 0 Å². The summed E-state index contributed by atoms with van der Waals surface area (Å²) in [5.41, 5.74) is 9.89. The average Bonchev–Trinajstić information content (AvgIpc) is 3.15. The Morgan fingerprint density at radius 3 is 1.07 bits per heavy atom. The Morgan fingerprint density at radius 2 is 0.609 bits per heavy atom. The molecule has 216 valence electrons. The van der Waals surface area contributed by atoms with Crippen LogP contribution in [0.15, 0.2) is 170 Å². The first kappa shape index (κ1) is 27.3. The van der Waals surface area contributed by atoms with Gasteiger partial charge in [-0.2, -0.15) is 0 Å². The topological polar surface area (TPSA) is 51.6 Å². The van der Waals surface area contributed by atoms with E-state index in [9.17, 15) is 0 Å². The van der Waals surface area contributed by atoms with Gasteiger partial charge in [-0.1, -0.05) is 133 Å². The minimum absolute atomic E-state index is 0.650. The van der Waals surface area contributed by atoms with Crippen LogP contribution in [-0.2, 0) is 0 Å². The van der Waals surface area contributed by atoms with Gasteiger partial charge >= 0.3 is 0 Å². The van der Waals surface area contributed by atoms with Crippen molar-refractivity contribution in [1.82, 2.24) is 19.9 Å². The number of pyridine rings is 1. The van der Waals surface area contributed by atoms with Crippen LogP contribution in [0.3, 0.4) is 0 Å². The molecule has 0 saturated heterocycles. The van der Waals surface area contributed by atoms with Gasteiger partial charge in [-0.3, -0.25) is 4.98 Å². The Labute approximate surface area is 267 Å². The second-order valence-corrected chi connectivity index (χ2v) is 11.2. The summed E-state index contributed by atoms with van der Waals surface area (Å²) < 4.78 is 0. The summed E-state index contributed by atoms with van der Waals surface area (Å²) in [5, 5.41) is 2.42. The molecule has 0 atom stereocenters. The van der Waals surface area contributed by atoms with Crippen molar-refractivity contribution in [1.29, 1.82) is 0 Å². The predicted octanol–water partition coefficient (Wildman–Crippen LogP) is 10.4. The molecule has 0 unspecified atom stereocenters. The first-order valence-electron chi connectivity index (χ1n) is 15.3. The molecular formula is C42H28N4. The molecule has 0 spiro atoms. The van der Waals surface area contributed by atoms with E-state index in [1.165, 1.54) is 33.0 Å². The van der Waals surface area contributed by atoms with E-state index in [0.717, 1.165) is 27.8 Å². The molecule has 0 N–H and O–H groups in total. The molecular weight excluding hydrogens is 560 g/mol. The van der Waals surface area contributed by atoms with Gasteiger partial charge in [-0.25, -0.2) is 15.0 Å². The number of nitrogens with zero attached hydrogens (tertiary/aromatic N) is 4. The molecule has 8 aromatic rings. The van der Waals surface area contributed by atoms with E-state index in [1.807, 2.05) is 85.2 Å². The summed E-state index contributed by atoms with van der Waals surface area (Å²) in [6, 6.07) is 54.7. The first-order chi connectivity index (χ1) is 22.8. The van der Waals surface area contributed by atoms with Crippen LogP contribution in [0.5, 0.6) is 0 Å². The number of rotatable bonds is 6. The molecule has 0 aliphatic rings. The van der Waals surface area contributed by atoms with Gasteiger partial charge in [0.05, 0.1) is 0 Å². The van der Waals surface area contributed by atoms with Gasteiger partial charge in [0.25, 0.3) is 0 Å². The van der Waals surface area contributed by atoms with Gasteiger partial charge in [0, 0.05) is 29.1 Å². The standard InChI is InChI=1S/C42H28N4/c1-3-7-34(8-4-1)40-44-41(35-9-5-2-6-10-35)46-42(45-40)36-19-15-31(16-20-36)38-22-18-32-17-21-37(27-39(32)28-38)30-13-11-29(12-14-30)33-23-25-43-26-24-33/h1-28H. The van der Waals surface area contributed by atoms with E-state index >= 15 is 0 Å². The van der Waals surface area contributed by atoms with E-state index in [0.29, 0.717) is 17.5 Å². The minimum Gasteiger partial charge on any atom is -0.265 e. The van der Waals surface area contributed by atoms with E-state index in [4.69, 9.17) is 15.0 Å². The number of benzene rings is 6. The van der Waals surface area contributed by atoms with Gasteiger partial charge in [-0.15, -0.1) is 0 Å². The molecule has 0 saturated carbocycles. The van der Waals surface area contributed by atoms with Gasteiger partial charge in [-0.05, 0) is 68.4 Å². The molecule has 2 heterocycles. The van der Waals surface area contributed by atoms with Crippen molar-refractivity contribution < 1.29 is 0 Å². The molecule has 0 aliphatic carbocycles. The van der Waals surface area contributed by atoms with Crippen molar-refractivity contribution in [3.05, 3.63) is 170 Å². The quantitative estimate of drug-likeness (QED) is 0.194. The SMILES string of the molecule is c1ccc(-c2nc(-c3ccccc3)nc(-c3ccc(-c4ccc5ccc(-c6ccc(-c7ccncc7)cc6)cc5c4)cc3)n2)cc1. The van der Waals surface area contributed by atoms with Crippen molar-refractivity contribution in [3.8, 4) is 67.5 Å². The van der Waals surface area contributed by atoms with Crippen LogP contribution in [0.2, 0.25) is 0 Å². The highest BCUT2D eigenvalue weighted by Crippen LogP contribution is 2.31. The van der Waals surface area contributed by atoms with Crippen molar-refractivity contribution in [2.45, 2.75) is 0 Å². The highest BCUT2D eigenvalue weighted by Gasteiger charge is 2.12. The molecule has 46 heavy (non-hydrogen) atoms. The zero-order chi connectivity index (χ0) is 30.7. The van der Waals surface area contributed by atoms with E-state index < -0.39 is 0 Å². The predicted molar refractivity (Wildman–Crippen MR) is 188 cm³/mol. The summed E-state index contributed by atoms with van der Waals surface area (Å²) >= 11 is 0. The number of hydrogen-bond acceptors (Lipinski definition) is 4. The van der Waals surface area contributed by atoms with Gasteiger partial charge < -0.3 is 0 Å². The third-order valence-electron chi connectivity index (χ3n) is 8.25. The normalized spacial score (nSPS) is 11.0.